The summed E-state index contributed by atoms with van der Waals surface area (Å²) in [7, 11) is 0. The summed E-state index contributed by atoms with van der Waals surface area (Å²) in [5.41, 5.74) is 5.83. The Morgan fingerprint density at radius 1 is 1.60 bits per heavy atom. The number of hydrogen-bond donors (Lipinski definition) is 1. The van der Waals surface area contributed by atoms with Crippen molar-refractivity contribution < 1.29 is 4.79 Å². The average Bonchev–Trinajstić information content (AvgIpc) is 1.89. The summed E-state index contributed by atoms with van der Waals surface area (Å²) in [6.45, 7) is 3.93. The number of primary amides is 1. The Bertz CT molecular complexity index is 138. The molecule has 10 heavy (non-hydrogen) atoms. The molecule has 0 bridgehead atoms. The van der Waals surface area contributed by atoms with Crippen molar-refractivity contribution >= 4 is 5.91 Å². The third kappa shape index (κ3) is 3.28. The third-order valence-electron chi connectivity index (χ3n) is 1.46. The molecule has 2 N–H and O–H groups in total. The molecule has 2 heteroatoms. The van der Waals surface area contributed by atoms with E-state index in [0.29, 0.717) is 0 Å². The number of amides is 1. The zero-order valence-corrected chi connectivity index (χ0v) is 6.68. The van der Waals surface area contributed by atoms with Crippen LogP contribution in [0.1, 0.15) is 33.1 Å². The minimum atomic E-state index is -0.282. The quantitative estimate of drug-likeness (QED) is 0.594. The zero-order chi connectivity index (χ0) is 7.98. The summed E-state index contributed by atoms with van der Waals surface area (Å²) < 4.78 is 0. The molecule has 1 amide bonds. The second-order valence-corrected chi connectivity index (χ2v) is 2.28. The molecular weight excluding hydrogens is 126 g/mol. The molecule has 0 spiro atoms. The first kappa shape index (κ1) is 9.21. The Hall–Kier alpha value is -0.790. The Morgan fingerprint density at radius 2 is 2.20 bits per heavy atom. The minimum absolute atomic E-state index is 0.282. The van der Waals surface area contributed by atoms with Crippen LogP contribution in [-0.4, -0.2) is 5.91 Å². The lowest BCUT2D eigenvalue weighted by atomic mass is 10.1. The molecule has 0 aliphatic heterocycles. The monoisotopic (exact) mass is 141 g/mol. The number of hydrogen-bond acceptors (Lipinski definition) is 1. The van der Waals surface area contributed by atoms with E-state index in [1.54, 1.807) is 6.08 Å². The maximum Gasteiger partial charge on any atom is 0.244 e. The molecule has 0 aromatic heterocycles. The van der Waals surface area contributed by atoms with Gasteiger partial charge in [0.25, 0.3) is 0 Å². The molecule has 0 saturated heterocycles. The highest BCUT2D eigenvalue weighted by Crippen LogP contribution is 2.05. The molecule has 0 saturated carbocycles. The van der Waals surface area contributed by atoms with E-state index >= 15 is 0 Å². The van der Waals surface area contributed by atoms with Gasteiger partial charge in [-0.15, -0.1) is 0 Å². The lowest BCUT2D eigenvalue weighted by Gasteiger charge is -1.98. The highest BCUT2D eigenvalue weighted by Gasteiger charge is 2.00. The van der Waals surface area contributed by atoms with E-state index in [9.17, 15) is 4.79 Å². The van der Waals surface area contributed by atoms with Crippen LogP contribution in [0.2, 0.25) is 0 Å². The summed E-state index contributed by atoms with van der Waals surface area (Å²) in [6.07, 6.45) is 4.76. The number of nitrogens with two attached hydrogens (primary N) is 1. The molecule has 0 aliphatic rings. The molecule has 58 valence electrons. The summed E-state index contributed by atoms with van der Waals surface area (Å²) in [6, 6.07) is 0. The molecule has 2 nitrogen and oxygen atoms in total. The highest BCUT2D eigenvalue weighted by atomic mass is 16.1. The summed E-state index contributed by atoms with van der Waals surface area (Å²) >= 11 is 0. The first-order valence-corrected chi connectivity index (χ1v) is 3.67. The first-order valence-electron chi connectivity index (χ1n) is 3.67. The van der Waals surface area contributed by atoms with Crippen LogP contribution < -0.4 is 5.73 Å². The summed E-state index contributed by atoms with van der Waals surface area (Å²) in [5, 5.41) is 0. The van der Waals surface area contributed by atoms with Gasteiger partial charge in [0.1, 0.15) is 0 Å². The van der Waals surface area contributed by atoms with E-state index in [0.717, 1.165) is 24.8 Å². The van der Waals surface area contributed by atoms with Crippen LogP contribution in [0.4, 0.5) is 0 Å². The van der Waals surface area contributed by atoms with Gasteiger partial charge >= 0.3 is 0 Å². The minimum Gasteiger partial charge on any atom is -0.366 e. The van der Waals surface area contributed by atoms with Crippen LogP contribution in [0.25, 0.3) is 0 Å². The van der Waals surface area contributed by atoms with Crippen molar-refractivity contribution in [2.45, 2.75) is 33.1 Å². The van der Waals surface area contributed by atoms with E-state index in [2.05, 4.69) is 6.92 Å². The van der Waals surface area contributed by atoms with Crippen molar-refractivity contribution in [3.63, 3.8) is 0 Å². The lowest BCUT2D eigenvalue weighted by molar-refractivity contribution is -0.114. The Balaban J connectivity index is 3.74. The van der Waals surface area contributed by atoms with Gasteiger partial charge in [-0.3, -0.25) is 4.79 Å². The molecule has 0 heterocycles. The molecule has 0 aliphatic carbocycles. The lowest BCUT2D eigenvalue weighted by Crippen LogP contribution is -2.13. The van der Waals surface area contributed by atoms with Crippen molar-refractivity contribution in [1.29, 1.82) is 0 Å². The summed E-state index contributed by atoms with van der Waals surface area (Å²) in [5.74, 6) is -0.282. The van der Waals surface area contributed by atoms with Gasteiger partial charge in [-0.2, -0.15) is 0 Å². The van der Waals surface area contributed by atoms with Gasteiger partial charge in [0.2, 0.25) is 5.91 Å². The van der Waals surface area contributed by atoms with E-state index < -0.39 is 0 Å². The van der Waals surface area contributed by atoms with Crippen molar-refractivity contribution in [3.8, 4) is 0 Å². The average molecular weight is 141 g/mol. The van der Waals surface area contributed by atoms with Crippen molar-refractivity contribution in [2.24, 2.45) is 5.73 Å². The predicted octanol–water partition coefficient (Wildman–Crippen LogP) is 1.61. The van der Waals surface area contributed by atoms with Gasteiger partial charge in [-0.05, 0) is 19.8 Å². The van der Waals surface area contributed by atoms with Crippen molar-refractivity contribution in [3.05, 3.63) is 11.6 Å². The van der Waals surface area contributed by atoms with Crippen LogP contribution in [0.15, 0.2) is 11.6 Å². The Kier molecular flexibility index (Phi) is 4.63. The maximum atomic E-state index is 10.6. The van der Waals surface area contributed by atoms with E-state index in [4.69, 9.17) is 5.73 Å². The van der Waals surface area contributed by atoms with Crippen LogP contribution in [0, 0.1) is 0 Å². The van der Waals surface area contributed by atoms with Crippen molar-refractivity contribution in [2.75, 3.05) is 0 Å². The fourth-order valence-corrected chi connectivity index (χ4v) is 0.777. The smallest absolute Gasteiger partial charge is 0.244 e. The summed E-state index contributed by atoms with van der Waals surface area (Å²) in [4.78, 5) is 10.6. The fourth-order valence-electron chi connectivity index (χ4n) is 0.777. The molecule has 0 atom stereocenters. The maximum absolute atomic E-state index is 10.6. The third-order valence-corrected chi connectivity index (χ3v) is 1.46. The highest BCUT2D eigenvalue weighted by molar-refractivity contribution is 5.91. The Morgan fingerprint density at radius 3 is 2.50 bits per heavy atom. The van der Waals surface area contributed by atoms with Gasteiger partial charge in [0.15, 0.2) is 0 Å². The number of rotatable bonds is 4. The molecule has 0 rings (SSSR count). The standard InChI is InChI=1S/C8H15NO/c1-3-5-6-7(4-2)8(9)10/h4H,3,5-6H2,1-2H3,(H2,9,10). The predicted molar refractivity (Wildman–Crippen MR) is 42.5 cm³/mol. The fraction of sp³-hybridized carbons (Fsp3) is 0.625. The van der Waals surface area contributed by atoms with Crippen molar-refractivity contribution in [1.82, 2.24) is 0 Å². The number of carbonyl (C=O) groups is 1. The van der Waals surface area contributed by atoms with Gasteiger partial charge in [-0.25, -0.2) is 0 Å². The van der Waals surface area contributed by atoms with Gasteiger partial charge < -0.3 is 5.73 Å². The van der Waals surface area contributed by atoms with E-state index in [1.807, 2.05) is 6.92 Å². The van der Waals surface area contributed by atoms with Gasteiger partial charge in [0.05, 0.1) is 0 Å². The molecule has 0 aromatic rings. The number of unbranched alkanes of at least 4 members (excludes halogenated alkanes) is 1. The van der Waals surface area contributed by atoms with Crippen LogP contribution in [0.5, 0.6) is 0 Å². The second-order valence-electron chi connectivity index (χ2n) is 2.28. The Labute approximate surface area is 62.1 Å². The van der Waals surface area contributed by atoms with Crippen LogP contribution >= 0.6 is 0 Å². The molecule has 0 radical (unpaired) electrons. The topological polar surface area (TPSA) is 43.1 Å². The second kappa shape index (κ2) is 5.03. The van der Waals surface area contributed by atoms with Crippen LogP contribution in [0.3, 0.4) is 0 Å². The van der Waals surface area contributed by atoms with Gasteiger partial charge in [0, 0.05) is 5.57 Å². The molecule has 0 aromatic carbocycles. The normalized spacial score (nSPS) is 11.6. The molecule has 0 unspecified atom stereocenters. The van der Waals surface area contributed by atoms with Gasteiger partial charge in [-0.1, -0.05) is 19.4 Å². The van der Waals surface area contributed by atoms with E-state index in [-0.39, 0.29) is 5.91 Å². The SMILES string of the molecule is CC=C(CCCC)C(N)=O. The largest absolute Gasteiger partial charge is 0.366 e. The molecular formula is C8H15NO. The van der Waals surface area contributed by atoms with Crippen LogP contribution in [-0.2, 0) is 4.79 Å². The number of allylic oxidation sites excluding steroid dienone is 1. The number of carbonyl (C=O) groups excluding carboxylic acids is 1. The zero-order valence-electron chi connectivity index (χ0n) is 6.68. The molecule has 0 fully saturated rings. The van der Waals surface area contributed by atoms with E-state index in [1.165, 1.54) is 0 Å². The first-order chi connectivity index (χ1) is 4.72.